The number of rotatable bonds is 6. The molecule has 0 radical (unpaired) electrons. The Morgan fingerprint density at radius 1 is 1.58 bits per heavy atom. The topological polar surface area (TPSA) is 37.3 Å². The second-order valence-corrected chi connectivity index (χ2v) is 3.96. The van der Waals surface area contributed by atoms with Gasteiger partial charge in [0.2, 0.25) is 0 Å². The molecule has 0 aromatic heterocycles. The number of hydrogen-bond acceptors (Lipinski definition) is 3. The second-order valence-electron chi connectivity index (χ2n) is 2.85. The van der Waals surface area contributed by atoms with E-state index in [0.717, 1.165) is 18.6 Å². The van der Waals surface area contributed by atoms with E-state index in [4.69, 9.17) is 5.11 Å². The molecular formula is C8H16O2S2. The zero-order valence-corrected chi connectivity index (χ0v) is 9.02. The average Bonchev–Trinajstić information content (AvgIpc) is 2.01. The lowest BCUT2D eigenvalue weighted by atomic mass is 9.96. The highest BCUT2D eigenvalue weighted by molar-refractivity contribution is 7.81. The summed E-state index contributed by atoms with van der Waals surface area (Å²) >= 11 is 8.43. The van der Waals surface area contributed by atoms with Crippen molar-refractivity contribution in [1.82, 2.24) is 0 Å². The van der Waals surface area contributed by atoms with Crippen molar-refractivity contribution in [3.63, 3.8) is 0 Å². The van der Waals surface area contributed by atoms with Crippen LogP contribution in [0.5, 0.6) is 0 Å². The van der Waals surface area contributed by atoms with Crippen LogP contribution in [0.2, 0.25) is 0 Å². The Labute approximate surface area is 84.6 Å². The van der Waals surface area contributed by atoms with E-state index in [1.54, 1.807) is 0 Å². The van der Waals surface area contributed by atoms with Gasteiger partial charge in [-0.3, -0.25) is 4.79 Å². The maximum atomic E-state index is 10.4. The molecule has 0 aliphatic heterocycles. The normalized spacial score (nSPS) is 15.6. The minimum Gasteiger partial charge on any atom is -0.481 e. The number of carbonyl (C=O) groups is 1. The molecule has 1 N–H and O–H groups in total. The van der Waals surface area contributed by atoms with Gasteiger partial charge < -0.3 is 5.11 Å². The van der Waals surface area contributed by atoms with Crippen LogP contribution in [0.15, 0.2) is 0 Å². The third-order valence-corrected chi connectivity index (χ3v) is 2.94. The van der Waals surface area contributed by atoms with E-state index in [9.17, 15) is 4.79 Å². The summed E-state index contributed by atoms with van der Waals surface area (Å²) in [6, 6.07) is 0. The fourth-order valence-corrected chi connectivity index (χ4v) is 1.74. The van der Waals surface area contributed by atoms with Crippen LogP contribution in [0.4, 0.5) is 0 Å². The first-order chi connectivity index (χ1) is 5.61. The molecule has 0 saturated carbocycles. The van der Waals surface area contributed by atoms with Gasteiger partial charge in [-0.15, -0.1) is 0 Å². The molecule has 0 aromatic rings. The minimum atomic E-state index is -0.741. The van der Waals surface area contributed by atoms with Crippen molar-refractivity contribution in [2.45, 2.75) is 31.4 Å². The van der Waals surface area contributed by atoms with Gasteiger partial charge in [0.25, 0.3) is 0 Å². The second kappa shape index (κ2) is 6.66. The summed E-state index contributed by atoms with van der Waals surface area (Å²) in [5.74, 6) is 0.150. The first-order valence-corrected chi connectivity index (χ1v) is 5.27. The molecule has 2 nitrogen and oxygen atoms in total. The fraction of sp³-hybridized carbons (Fsp3) is 0.875. The predicted molar refractivity (Wildman–Crippen MR) is 57.3 cm³/mol. The molecule has 0 aromatic carbocycles. The first kappa shape index (κ1) is 12.2. The summed E-state index contributed by atoms with van der Waals surface area (Å²) < 4.78 is 0. The lowest BCUT2D eigenvalue weighted by Crippen LogP contribution is -2.18. The molecule has 0 spiro atoms. The van der Waals surface area contributed by atoms with Crippen molar-refractivity contribution in [1.29, 1.82) is 0 Å². The minimum absolute atomic E-state index is 0.160. The molecule has 12 heavy (non-hydrogen) atoms. The molecule has 0 heterocycles. The van der Waals surface area contributed by atoms with Crippen molar-refractivity contribution in [2.24, 2.45) is 5.92 Å². The summed E-state index contributed by atoms with van der Waals surface area (Å²) in [4.78, 5) is 10.4. The predicted octanol–water partition coefficient (Wildman–Crippen LogP) is 2.11. The van der Waals surface area contributed by atoms with E-state index in [2.05, 4.69) is 25.3 Å². The van der Waals surface area contributed by atoms with E-state index in [0.29, 0.717) is 0 Å². The summed E-state index contributed by atoms with van der Waals surface area (Å²) in [7, 11) is 0. The monoisotopic (exact) mass is 208 g/mol. The van der Waals surface area contributed by atoms with Gasteiger partial charge in [-0.25, -0.2) is 0 Å². The van der Waals surface area contributed by atoms with Crippen molar-refractivity contribution < 1.29 is 9.90 Å². The third-order valence-electron chi connectivity index (χ3n) is 1.90. The Kier molecular flexibility index (Phi) is 6.76. The molecule has 0 rings (SSSR count). The highest BCUT2D eigenvalue weighted by Crippen LogP contribution is 2.21. The quantitative estimate of drug-likeness (QED) is 0.585. The lowest BCUT2D eigenvalue weighted by Gasteiger charge is -2.19. The van der Waals surface area contributed by atoms with Gasteiger partial charge in [0.15, 0.2) is 0 Å². The summed E-state index contributed by atoms with van der Waals surface area (Å²) in [5.41, 5.74) is 0. The fourth-order valence-electron chi connectivity index (χ4n) is 1.15. The van der Waals surface area contributed by atoms with Crippen LogP contribution >= 0.6 is 25.3 Å². The Morgan fingerprint density at radius 3 is 2.50 bits per heavy atom. The van der Waals surface area contributed by atoms with Gasteiger partial charge in [-0.2, -0.15) is 25.3 Å². The highest BCUT2D eigenvalue weighted by atomic mass is 32.1. The molecule has 0 aliphatic carbocycles. The van der Waals surface area contributed by atoms with Crippen LogP contribution in [-0.2, 0) is 4.79 Å². The molecule has 72 valence electrons. The smallest absolute Gasteiger partial charge is 0.303 e. The zero-order chi connectivity index (χ0) is 9.56. The third kappa shape index (κ3) is 4.93. The van der Waals surface area contributed by atoms with Crippen LogP contribution in [0, 0.1) is 5.92 Å². The van der Waals surface area contributed by atoms with Crippen molar-refractivity contribution in [3.05, 3.63) is 0 Å². The molecule has 2 unspecified atom stereocenters. The Balaban J connectivity index is 3.93. The zero-order valence-electron chi connectivity index (χ0n) is 7.23. The molecule has 4 heteroatoms. The number of aliphatic carboxylic acids is 1. The number of hydrogen-bond donors (Lipinski definition) is 3. The van der Waals surface area contributed by atoms with Crippen LogP contribution in [0.25, 0.3) is 0 Å². The van der Waals surface area contributed by atoms with Gasteiger partial charge >= 0.3 is 5.97 Å². The van der Waals surface area contributed by atoms with E-state index in [-0.39, 0.29) is 17.6 Å². The van der Waals surface area contributed by atoms with E-state index in [1.807, 2.05) is 6.92 Å². The average molecular weight is 208 g/mol. The molecule has 0 amide bonds. The maximum Gasteiger partial charge on any atom is 0.303 e. The van der Waals surface area contributed by atoms with E-state index < -0.39 is 5.97 Å². The van der Waals surface area contributed by atoms with Gasteiger partial charge in [-0.05, 0) is 24.5 Å². The Morgan fingerprint density at radius 2 is 2.17 bits per heavy atom. The van der Waals surface area contributed by atoms with Crippen molar-refractivity contribution in [2.75, 3.05) is 5.75 Å². The van der Waals surface area contributed by atoms with Crippen LogP contribution < -0.4 is 0 Å². The van der Waals surface area contributed by atoms with Crippen LogP contribution in [-0.4, -0.2) is 22.1 Å². The van der Waals surface area contributed by atoms with Gasteiger partial charge in [0.1, 0.15) is 0 Å². The van der Waals surface area contributed by atoms with Gasteiger partial charge in [0, 0.05) is 11.7 Å². The maximum absolute atomic E-state index is 10.4. The van der Waals surface area contributed by atoms with Crippen molar-refractivity contribution >= 4 is 31.2 Å². The molecule has 0 saturated heterocycles. The Bertz CT molecular complexity index is 139. The van der Waals surface area contributed by atoms with Crippen molar-refractivity contribution in [3.8, 4) is 0 Å². The highest BCUT2D eigenvalue weighted by Gasteiger charge is 2.18. The molecule has 2 atom stereocenters. The number of carboxylic acids is 1. The van der Waals surface area contributed by atoms with Gasteiger partial charge in [0.05, 0.1) is 0 Å². The number of thiol groups is 2. The molecule has 0 aliphatic rings. The largest absolute Gasteiger partial charge is 0.481 e. The van der Waals surface area contributed by atoms with E-state index >= 15 is 0 Å². The first-order valence-electron chi connectivity index (χ1n) is 4.12. The lowest BCUT2D eigenvalue weighted by molar-refractivity contribution is -0.138. The standard InChI is InChI=1S/C8H16O2S2/c1-2-7(12)6(3-4-11)5-8(9)10/h6-7,11-12H,2-5H2,1H3,(H,9,10). The molecule has 0 fully saturated rings. The Hall–Kier alpha value is 0.170. The van der Waals surface area contributed by atoms with Gasteiger partial charge in [-0.1, -0.05) is 6.92 Å². The molecular weight excluding hydrogens is 192 g/mol. The van der Waals surface area contributed by atoms with E-state index in [1.165, 1.54) is 0 Å². The summed E-state index contributed by atoms with van der Waals surface area (Å²) in [5, 5.41) is 8.78. The number of carboxylic acid groups (broad SMARTS) is 1. The summed E-state index contributed by atoms with van der Waals surface area (Å²) in [6.45, 7) is 2.02. The SMILES string of the molecule is CCC(S)C(CCS)CC(=O)O. The van der Waals surface area contributed by atoms with Crippen LogP contribution in [0.3, 0.4) is 0 Å². The van der Waals surface area contributed by atoms with Crippen LogP contribution in [0.1, 0.15) is 26.2 Å². The molecule has 0 bridgehead atoms. The summed E-state index contributed by atoms with van der Waals surface area (Å²) in [6.07, 6.45) is 1.95.